The second-order valence-corrected chi connectivity index (χ2v) is 8.52. The van der Waals surface area contributed by atoms with E-state index in [0.29, 0.717) is 13.1 Å². The van der Waals surface area contributed by atoms with Crippen molar-refractivity contribution < 1.29 is 9.53 Å². The summed E-state index contributed by atoms with van der Waals surface area (Å²) in [4.78, 5) is 25.6. The zero-order valence-electron chi connectivity index (χ0n) is 16.8. The van der Waals surface area contributed by atoms with E-state index in [1.807, 2.05) is 53.6 Å². The van der Waals surface area contributed by atoms with Crippen LogP contribution in [-0.4, -0.2) is 36.1 Å². The summed E-state index contributed by atoms with van der Waals surface area (Å²) in [5.41, 5.74) is 2.13. The van der Waals surface area contributed by atoms with Gasteiger partial charge in [-0.1, -0.05) is 18.2 Å². The minimum absolute atomic E-state index is 0.0294. The van der Waals surface area contributed by atoms with Crippen molar-refractivity contribution in [2.75, 3.05) is 25.1 Å². The van der Waals surface area contributed by atoms with Crippen LogP contribution in [0.5, 0.6) is 5.75 Å². The van der Waals surface area contributed by atoms with Gasteiger partial charge in [0.05, 0.1) is 25.6 Å². The summed E-state index contributed by atoms with van der Waals surface area (Å²) in [6, 6.07) is 11.9. The number of hydrogen-bond donors (Lipinski definition) is 1. The largest absolute Gasteiger partial charge is 0.497 e. The number of rotatable bonds is 8. The molecular formula is C22H22N4O2S2. The minimum Gasteiger partial charge on any atom is -0.497 e. The Balaban J connectivity index is 1.61. The predicted molar refractivity (Wildman–Crippen MR) is 123 cm³/mol. The first kappa shape index (κ1) is 20.3. The zero-order valence-corrected chi connectivity index (χ0v) is 18.4. The maximum atomic E-state index is 12.6. The van der Waals surface area contributed by atoms with Crippen molar-refractivity contribution in [2.45, 2.75) is 13.5 Å². The van der Waals surface area contributed by atoms with E-state index in [1.54, 1.807) is 36.1 Å². The quantitative estimate of drug-likeness (QED) is 0.436. The fourth-order valence-electron chi connectivity index (χ4n) is 3.25. The maximum absolute atomic E-state index is 12.6. The van der Waals surface area contributed by atoms with E-state index in [0.717, 1.165) is 37.8 Å². The molecule has 1 aromatic carbocycles. The van der Waals surface area contributed by atoms with Crippen molar-refractivity contribution in [1.29, 1.82) is 0 Å². The number of fused-ring (bicyclic) bond motifs is 1. The number of thiophene rings is 2. The van der Waals surface area contributed by atoms with Gasteiger partial charge in [-0.3, -0.25) is 4.79 Å². The number of carbonyl (C=O) groups excluding carboxylic acids is 1. The highest BCUT2D eigenvalue weighted by molar-refractivity contribution is 7.17. The Labute approximate surface area is 183 Å². The van der Waals surface area contributed by atoms with Crippen LogP contribution in [0.15, 0.2) is 53.5 Å². The number of methoxy groups -OCH3 is 1. The first-order valence-corrected chi connectivity index (χ1v) is 11.4. The van der Waals surface area contributed by atoms with Gasteiger partial charge in [0.25, 0.3) is 0 Å². The molecule has 6 nitrogen and oxygen atoms in total. The number of carbonyl (C=O) groups is 1. The number of nitrogens with zero attached hydrogens (tertiary/aromatic N) is 3. The summed E-state index contributed by atoms with van der Waals surface area (Å²) >= 11 is 3.21. The van der Waals surface area contributed by atoms with Crippen molar-refractivity contribution in [2.24, 2.45) is 0 Å². The lowest BCUT2D eigenvalue weighted by Gasteiger charge is -2.22. The molecule has 0 saturated carbocycles. The molecule has 0 spiro atoms. The van der Waals surface area contributed by atoms with Crippen LogP contribution in [0.3, 0.4) is 0 Å². The summed E-state index contributed by atoms with van der Waals surface area (Å²) in [5, 5.41) is 8.07. The van der Waals surface area contributed by atoms with Crippen molar-refractivity contribution in [1.82, 2.24) is 15.3 Å². The number of anilines is 1. The Morgan fingerprint density at radius 3 is 2.70 bits per heavy atom. The van der Waals surface area contributed by atoms with E-state index in [4.69, 9.17) is 4.74 Å². The van der Waals surface area contributed by atoms with Crippen LogP contribution < -0.4 is 15.0 Å². The normalized spacial score (nSPS) is 10.9. The highest BCUT2D eigenvalue weighted by atomic mass is 32.1. The molecule has 30 heavy (non-hydrogen) atoms. The molecule has 0 radical (unpaired) electrons. The Morgan fingerprint density at radius 2 is 2.00 bits per heavy atom. The first-order chi connectivity index (χ1) is 14.7. The second kappa shape index (κ2) is 9.23. The molecule has 0 fully saturated rings. The number of aromatic nitrogens is 2. The lowest BCUT2D eigenvalue weighted by Crippen LogP contribution is -2.37. The molecule has 0 aliphatic heterocycles. The van der Waals surface area contributed by atoms with Crippen molar-refractivity contribution >= 4 is 44.6 Å². The lowest BCUT2D eigenvalue weighted by molar-refractivity contribution is -0.119. The highest BCUT2D eigenvalue weighted by Crippen LogP contribution is 2.38. The van der Waals surface area contributed by atoms with Crippen molar-refractivity contribution in [3.05, 3.63) is 58.4 Å². The van der Waals surface area contributed by atoms with Crippen LogP contribution in [0.25, 0.3) is 21.3 Å². The fraction of sp³-hybridized carbons (Fsp3) is 0.227. The SMILES string of the molecule is CCN(CC(=O)NCc1cccs1)c1ncnc2scc(-c3ccc(OC)cc3)c12. The Hall–Kier alpha value is -2.97. The van der Waals surface area contributed by atoms with Crippen LogP contribution in [0.1, 0.15) is 11.8 Å². The molecule has 4 aromatic rings. The molecular weight excluding hydrogens is 416 g/mol. The molecule has 154 valence electrons. The monoisotopic (exact) mass is 438 g/mol. The number of hydrogen-bond acceptors (Lipinski definition) is 7. The molecule has 0 bridgehead atoms. The van der Waals surface area contributed by atoms with Gasteiger partial charge < -0.3 is 15.0 Å². The second-order valence-electron chi connectivity index (χ2n) is 6.63. The van der Waals surface area contributed by atoms with Gasteiger partial charge in [0.1, 0.15) is 22.7 Å². The highest BCUT2D eigenvalue weighted by Gasteiger charge is 2.19. The maximum Gasteiger partial charge on any atom is 0.239 e. The van der Waals surface area contributed by atoms with E-state index < -0.39 is 0 Å². The topological polar surface area (TPSA) is 67.4 Å². The van der Waals surface area contributed by atoms with Crippen molar-refractivity contribution in [3.63, 3.8) is 0 Å². The third kappa shape index (κ3) is 4.29. The van der Waals surface area contributed by atoms with Crippen molar-refractivity contribution in [3.8, 4) is 16.9 Å². The Morgan fingerprint density at radius 1 is 1.17 bits per heavy atom. The number of amides is 1. The number of nitrogens with one attached hydrogen (secondary N) is 1. The average Bonchev–Trinajstić information content (AvgIpc) is 3.46. The molecule has 0 unspecified atom stereocenters. The first-order valence-electron chi connectivity index (χ1n) is 9.60. The van der Waals surface area contributed by atoms with E-state index in [1.165, 1.54) is 0 Å². The molecule has 4 rings (SSSR count). The van der Waals surface area contributed by atoms with Gasteiger partial charge in [-0.25, -0.2) is 9.97 Å². The Kier molecular flexibility index (Phi) is 6.25. The van der Waals surface area contributed by atoms with Crippen LogP contribution in [0, 0.1) is 0 Å². The molecule has 3 heterocycles. The van der Waals surface area contributed by atoms with Gasteiger partial charge in [-0.05, 0) is 36.1 Å². The molecule has 0 aliphatic carbocycles. The van der Waals surface area contributed by atoms with Crippen LogP contribution in [0.2, 0.25) is 0 Å². The van der Waals surface area contributed by atoms with Crippen LogP contribution in [0.4, 0.5) is 5.82 Å². The molecule has 1 amide bonds. The van der Waals surface area contributed by atoms with Gasteiger partial charge >= 0.3 is 0 Å². The smallest absolute Gasteiger partial charge is 0.239 e. The predicted octanol–water partition coefficient (Wildman–Crippen LogP) is 4.57. The molecule has 1 N–H and O–H groups in total. The summed E-state index contributed by atoms with van der Waals surface area (Å²) in [7, 11) is 1.66. The van der Waals surface area contributed by atoms with Gasteiger partial charge in [-0.15, -0.1) is 22.7 Å². The number of ether oxygens (including phenoxy) is 1. The summed E-state index contributed by atoms with van der Waals surface area (Å²) in [6.07, 6.45) is 1.57. The number of benzene rings is 1. The third-order valence-corrected chi connectivity index (χ3v) is 6.57. The van der Waals surface area contributed by atoms with Crippen LogP contribution in [-0.2, 0) is 11.3 Å². The average molecular weight is 439 g/mol. The van der Waals surface area contributed by atoms with E-state index >= 15 is 0 Å². The van der Waals surface area contributed by atoms with E-state index in [2.05, 4.69) is 20.7 Å². The van der Waals surface area contributed by atoms with Gasteiger partial charge in [-0.2, -0.15) is 0 Å². The summed E-state index contributed by atoms with van der Waals surface area (Å²) in [5.74, 6) is 1.56. The zero-order chi connectivity index (χ0) is 20.9. The molecule has 0 aliphatic rings. The summed E-state index contributed by atoms with van der Waals surface area (Å²) in [6.45, 7) is 3.48. The van der Waals surface area contributed by atoms with E-state index in [9.17, 15) is 4.79 Å². The standard InChI is InChI=1S/C22H22N4O2S2/c1-3-26(12-19(27)23-11-17-5-4-10-29-17)21-20-18(13-30-22(20)25-14-24-21)15-6-8-16(28-2)9-7-15/h4-10,13-14H,3,11-12H2,1-2H3,(H,23,27). The third-order valence-electron chi connectivity index (χ3n) is 4.81. The molecule has 3 aromatic heterocycles. The summed E-state index contributed by atoms with van der Waals surface area (Å²) < 4.78 is 5.27. The fourth-order valence-corrected chi connectivity index (χ4v) is 4.80. The molecule has 8 heteroatoms. The van der Waals surface area contributed by atoms with Gasteiger partial charge in [0.15, 0.2) is 0 Å². The lowest BCUT2D eigenvalue weighted by atomic mass is 10.1. The molecule has 0 atom stereocenters. The molecule has 0 saturated heterocycles. The number of likely N-dealkylation sites (N-methyl/N-ethyl adjacent to an activating group) is 1. The van der Waals surface area contributed by atoms with E-state index in [-0.39, 0.29) is 12.5 Å². The van der Waals surface area contributed by atoms with Gasteiger partial charge in [0.2, 0.25) is 5.91 Å². The minimum atomic E-state index is -0.0294. The van der Waals surface area contributed by atoms with Gasteiger partial charge in [0, 0.05) is 22.4 Å². The van der Waals surface area contributed by atoms with Crippen LogP contribution >= 0.6 is 22.7 Å². The Bertz CT molecular complexity index is 1120.